The van der Waals surface area contributed by atoms with E-state index in [1.54, 1.807) is 22.6 Å². The van der Waals surface area contributed by atoms with Crippen LogP contribution in [0, 0.1) is 25.4 Å². The number of hydrogen-bond donors (Lipinski definition) is 2. The first kappa shape index (κ1) is 13.5. The van der Waals surface area contributed by atoms with E-state index < -0.39 is 10.7 Å². The summed E-state index contributed by atoms with van der Waals surface area (Å²) >= 11 is 1.74. The Balaban J connectivity index is 2.29. The molecule has 18 heavy (non-hydrogen) atoms. The molecule has 1 saturated carbocycles. The van der Waals surface area contributed by atoms with Crippen molar-refractivity contribution in [1.82, 2.24) is 0 Å². The number of nitrogens with one attached hydrogen (secondary N) is 1. The largest absolute Gasteiger partial charge is 0.375 e. The lowest BCUT2D eigenvalue weighted by Crippen LogP contribution is -2.31. The van der Waals surface area contributed by atoms with Gasteiger partial charge in [0.1, 0.15) is 11.5 Å². The Morgan fingerprint density at radius 3 is 2.78 bits per heavy atom. The number of nitro groups is 1. The third kappa shape index (κ3) is 2.89. The smallest absolute Gasteiger partial charge is 0.293 e. The quantitative estimate of drug-likeness (QED) is 0.477. The number of rotatable bonds is 5. The van der Waals surface area contributed by atoms with E-state index in [-0.39, 0.29) is 21.0 Å². The van der Waals surface area contributed by atoms with Crippen LogP contribution < -0.4 is 11.1 Å². The van der Waals surface area contributed by atoms with Crippen LogP contribution in [0.2, 0.25) is 0 Å². The van der Waals surface area contributed by atoms with Crippen molar-refractivity contribution in [1.29, 1.82) is 0 Å². The third-order valence-corrected chi connectivity index (χ3v) is 3.85. The molecule has 1 aliphatic rings. The molecule has 0 bridgehead atoms. The minimum Gasteiger partial charge on any atom is -0.375 e. The molecular formula is C11H13FIN3O2. The highest BCUT2D eigenvalue weighted by Gasteiger charge is 2.31. The Morgan fingerprint density at radius 1 is 1.61 bits per heavy atom. The van der Waals surface area contributed by atoms with Gasteiger partial charge in [-0.2, -0.15) is 0 Å². The van der Waals surface area contributed by atoms with Gasteiger partial charge in [0.25, 0.3) is 5.69 Å². The zero-order valence-electron chi connectivity index (χ0n) is 9.53. The molecule has 1 fully saturated rings. The molecule has 0 amide bonds. The maximum atomic E-state index is 13.5. The van der Waals surface area contributed by atoms with Crippen LogP contribution in [0.3, 0.4) is 0 Å². The Hall–Kier alpha value is -0.960. The number of nitro benzene ring substituents is 1. The van der Waals surface area contributed by atoms with E-state index in [1.807, 2.05) is 0 Å². The van der Waals surface area contributed by atoms with Crippen molar-refractivity contribution >= 4 is 34.0 Å². The molecule has 2 rings (SSSR count). The molecule has 7 heteroatoms. The summed E-state index contributed by atoms with van der Waals surface area (Å²) in [5, 5.41) is 13.9. The van der Waals surface area contributed by atoms with Crippen molar-refractivity contribution in [2.45, 2.75) is 18.9 Å². The molecule has 0 aliphatic heterocycles. The van der Waals surface area contributed by atoms with Gasteiger partial charge < -0.3 is 11.1 Å². The van der Waals surface area contributed by atoms with Crippen molar-refractivity contribution in [2.24, 2.45) is 11.7 Å². The molecule has 0 saturated heterocycles. The van der Waals surface area contributed by atoms with E-state index in [9.17, 15) is 14.5 Å². The molecule has 0 aromatic heterocycles. The average molecular weight is 365 g/mol. The van der Waals surface area contributed by atoms with E-state index in [2.05, 4.69) is 5.32 Å². The second kappa shape index (κ2) is 5.35. The van der Waals surface area contributed by atoms with Gasteiger partial charge in [0.2, 0.25) is 0 Å². The lowest BCUT2D eigenvalue weighted by atomic mass is 10.1. The number of nitrogens with two attached hydrogens (primary N) is 1. The Kier molecular flexibility index (Phi) is 4.00. The van der Waals surface area contributed by atoms with Gasteiger partial charge in [0.05, 0.1) is 8.49 Å². The van der Waals surface area contributed by atoms with Crippen LogP contribution >= 0.6 is 22.6 Å². The predicted octanol–water partition coefficient (Wildman–Crippen LogP) is 2.49. The molecule has 3 N–H and O–H groups in total. The minimum atomic E-state index is -0.510. The SMILES string of the molecule is NCC(Nc1cc(F)c(I)cc1[N+](=O)[O-])C1CC1. The predicted molar refractivity (Wildman–Crippen MR) is 75.0 cm³/mol. The van der Waals surface area contributed by atoms with Crippen LogP contribution in [-0.2, 0) is 0 Å². The average Bonchev–Trinajstić information content (AvgIpc) is 3.13. The monoisotopic (exact) mass is 365 g/mol. The van der Waals surface area contributed by atoms with Crippen molar-refractivity contribution in [3.63, 3.8) is 0 Å². The molecule has 0 spiro atoms. The standard InChI is InChI=1S/C11H13FIN3O2/c12-7-3-9(11(16(17)18)4-8(7)13)15-10(5-14)6-1-2-6/h3-4,6,10,15H,1-2,5,14H2. The van der Waals surface area contributed by atoms with Gasteiger partial charge in [-0.1, -0.05) is 0 Å². The summed E-state index contributed by atoms with van der Waals surface area (Å²) in [5.41, 5.74) is 5.73. The summed E-state index contributed by atoms with van der Waals surface area (Å²) in [7, 11) is 0. The fourth-order valence-corrected chi connectivity index (χ4v) is 2.32. The van der Waals surface area contributed by atoms with Gasteiger partial charge in [-0.3, -0.25) is 10.1 Å². The van der Waals surface area contributed by atoms with E-state index in [0.29, 0.717) is 12.5 Å². The molecule has 0 heterocycles. The van der Waals surface area contributed by atoms with Crippen LogP contribution in [0.5, 0.6) is 0 Å². The maximum absolute atomic E-state index is 13.5. The van der Waals surface area contributed by atoms with Crippen LogP contribution in [-0.4, -0.2) is 17.5 Å². The summed E-state index contributed by atoms with van der Waals surface area (Å²) in [6.07, 6.45) is 2.13. The minimum absolute atomic E-state index is 0.0249. The number of anilines is 1. The fourth-order valence-electron chi connectivity index (χ4n) is 1.87. The highest BCUT2D eigenvalue weighted by molar-refractivity contribution is 14.1. The number of halogens is 2. The third-order valence-electron chi connectivity index (χ3n) is 3.02. The molecule has 1 aromatic carbocycles. The topological polar surface area (TPSA) is 81.2 Å². The van der Waals surface area contributed by atoms with Crippen LogP contribution in [0.4, 0.5) is 15.8 Å². The van der Waals surface area contributed by atoms with Gasteiger partial charge in [-0.05, 0) is 41.4 Å². The van der Waals surface area contributed by atoms with E-state index >= 15 is 0 Å². The highest BCUT2D eigenvalue weighted by atomic mass is 127. The molecule has 0 radical (unpaired) electrons. The molecule has 1 unspecified atom stereocenters. The lowest BCUT2D eigenvalue weighted by molar-refractivity contribution is -0.384. The Morgan fingerprint density at radius 2 is 2.28 bits per heavy atom. The summed E-state index contributed by atoms with van der Waals surface area (Å²) in [4.78, 5) is 10.4. The zero-order valence-corrected chi connectivity index (χ0v) is 11.7. The van der Waals surface area contributed by atoms with Crippen molar-refractivity contribution < 1.29 is 9.31 Å². The second-order valence-electron chi connectivity index (χ2n) is 4.36. The molecular weight excluding hydrogens is 352 g/mol. The van der Waals surface area contributed by atoms with E-state index in [0.717, 1.165) is 12.8 Å². The van der Waals surface area contributed by atoms with E-state index in [4.69, 9.17) is 5.73 Å². The first-order chi connectivity index (χ1) is 8.52. The lowest BCUT2D eigenvalue weighted by Gasteiger charge is -2.17. The molecule has 5 nitrogen and oxygen atoms in total. The summed E-state index contributed by atoms with van der Waals surface area (Å²) < 4.78 is 13.7. The summed E-state index contributed by atoms with van der Waals surface area (Å²) in [6, 6.07) is 2.38. The van der Waals surface area contributed by atoms with Gasteiger partial charge in [-0.15, -0.1) is 0 Å². The van der Waals surface area contributed by atoms with Gasteiger partial charge in [0.15, 0.2) is 0 Å². The highest BCUT2D eigenvalue weighted by Crippen LogP contribution is 2.36. The molecule has 1 aliphatic carbocycles. The molecule has 1 aromatic rings. The Labute approximate surface area is 117 Å². The number of benzene rings is 1. The summed E-state index contributed by atoms with van der Waals surface area (Å²) in [5.74, 6) is -0.0211. The van der Waals surface area contributed by atoms with E-state index in [1.165, 1.54) is 12.1 Å². The van der Waals surface area contributed by atoms with Crippen molar-refractivity contribution in [2.75, 3.05) is 11.9 Å². The van der Waals surface area contributed by atoms with Crippen LogP contribution in [0.1, 0.15) is 12.8 Å². The first-order valence-electron chi connectivity index (χ1n) is 5.63. The second-order valence-corrected chi connectivity index (χ2v) is 5.53. The van der Waals surface area contributed by atoms with Crippen molar-refractivity contribution in [3.05, 3.63) is 31.6 Å². The van der Waals surface area contributed by atoms with Crippen LogP contribution in [0.25, 0.3) is 0 Å². The zero-order chi connectivity index (χ0) is 13.3. The van der Waals surface area contributed by atoms with Gasteiger partial charge in [0, 0.05) is 24.7 Å². The fraction of sp³-hybridized carbons (Fsp3) is 0.455. The summed E-state index contributed by atoms with van der Waals surface area (Å²) in [6.45, 7) is 0.384. The molecule has 98 valence electrons. The maximum Gasteiger partial charge on any atom is 0.293 e. The first-order valence-corrected chi connectivity index (χ1v) is 6.71. The normalized spacial score (nSPS) is 16.4. The van der Waals surface area contributed by atoms with Gasteiger partial charge >= 0.3 is 0 Å². The molecule has 1 atom stereocenters. The Bertz CT molecular complexity index is 480. The van der Waals surface area contributed by atoms with Crippen LogP contribution in [0.15, 0.2) is 12.1 Å². The number of nitrogens with zero attached hydrogens (tertiary/aromatic N) is 1. The van der Waals surface area contributed by atoms with Crippen molar-refractivity contribution in [3.8, 4) is 0 Å². The van der Waals surface area contributed by atoms with Gasteiger partial charge in [-0.25, -0.2) is 4.39 Å². The number of hydrogen-bond acceptors (Lipinski definition) is 4.